The Bertz CT molecular complexity index is 1050. The first kappa shape index (κ1) is 20.2. The van der Waals surface area contributed by atoms with Crippen LogP contribution in [0.5, 0.6) is 0 Å². The molecule has 0 saturated heterocycles. The third-order valence-corrected chi connectivity index (χ3v) is 5.71. The Kier molecular flexibility index (Phi) is 5.90. The molecule has 4 rings (SSSR count). The second-order valence-electron chi connectivity index (χ2n) is 7.40. The minimum absolute atomic E-state index is 0.0256. The van der Waals surface area contributed by atoms with Gasteiger partial charge in [0.05, 0.1) is 11.4 Å². The van der Waals surface area contributed by atoms with Crippen molar-refractivity contribution in [1.29, 1.82) is 0 Å². The number of aromatic amines is 1. The van der Waals surface area contributed by atoms with E-state index in [4.69, 9.17) is 16.6 Å². The zero-order valence-corrected chi connectivity index (χ0v) is 17.7. The molecular weight excluding hydrogens is 400 g/mol. The number of tetrazole rings is 1. The van der Waals surface area contributed by atoms with Crippen LogP contribution >= 0.6 is 11.6 Å². The van der Waals surface area contributed by atoms with Gasteiger partial charge in [0.2, 0.25) is 0 Å². The van der Waals surface area contributed by atoms with Gasteiger partial charge in [0.1, 0.15) is 6.04 Å². The number of hydrogen-bond acceptors (Lipinski definition) is 5. The second-order valence-corrected chi connectivity index (χ2v) is 7.84. The van der Waals surface area contributed by atoms with E-state index in [1.807, 2.05) is 42.5 Å². The molecule has 30 heavy (non-hydrogen) atoms. The first-order valence-electron chi connectivity index (χ1n) is 10.0. The number of anilines is 1. The lowest BCUT2D eigenvalue weighted by Crippen LogP contribution is -2.42. The zero-order chi connectivity index (χ0) is 21.1. The third kappa shape index (κ3) is 3.98. The maximum Gasteiger partial charge on any atom is 0.252 e. The van der Waals surface area contributed by atoms with Gasteiger partial charge in [0.25, 0.3) is 5.91 Å². The van der Waals surface area contributed by atoms with E-state index in [2.05, 4.69) is 34.5 Å². The molecule has 1 amide bonds. The summed E-state index contributed by atoms with van der Waals surface area (Å²) in [4.78, 5) is 20.4. The van der Waals surface area contributed by atoms with Gasteiger partial charge in [-0.25, -0.2) is 0 Å². The Morgan fingerprint density at radius 3 is 2.70 bits per heavy atom. The molecule has 1 aliphatic rings. The van der Waals surface area contributed by atoms with Crippen LogP contribution < -0.4 is 4.90 Å². The number of carbonyl (C=O) groups excluding carboxylic acids is 1. The van der Waals surface area contributed by atoms with Gasteiger partial charge in [-0.2, -0.15) is 5.21 Å². The first-order valence-corrected chi connectivity index (χ1v) is 10.4. The number of nitrogens with one attached hydrogen (secondary N) is 1. The van der Waals surface area contributed by atoms with Crippen LogP contribution in [-0.2, 0) is 11.2 Å². The van der Waals surface area contributed by atoms with Crippen molar-refractivity contribution >= 4 is 28.9 Å². The van der Waals surface area contributed by atoms with Crippen molar-refractivity contribution < 1.29 is 4.79 Å². The Morgan fingerprint density at radius 1 is 1.20 bits per heavy atom. The highest BCUT2D eigenvalue weighted by molar-refractivity contribution is 6.32. The highest BCUT2D eigenvalue weighted by Gasteiger charge is 2.34. The number of H-pyrrole nitrogens is 1. The smallest absolute Gasteiger partial charge is 0.252 e. The number of fused-ring (bicyclic) bond motifs is 1. The summed E-state index contributed by atoms with van der Waals surface area (Å²) in [5.41, 5.74) is 3.39. The molecule has 8 heteroatoms. The highest BCUT2D eigenvalue weighted by Crippen LogP contribution is 2.33. The number of benzene rings is 2. The molecule has 154 valence electrons. The van der Waals surface area contributed by atoms with Gasteiger partial charge in [0.15, 0.2) is 5.82 Å². The topological polar surface area (TPSA) is 87.1 Å². The summed E-state index contributed by atoms with van der Waals surface area (Å²) in [6, 6.07) is 15.0. The van der Waals surface area contributed by atoms with Crippen molar-refractivity contribution in [2.24, 2.45) is 10.9 Å². The number of benzodiazepines with no additional fused rings is 1. The molecule has 0 spiro atoms. The molecule has 0 bridgehead atoms. The Morgan fingerprint density at radius 2 is 2.00 bits per heavy atom. The van der Waals surface area contributed by atoms with Crippen molar-refractivity contribution in [2.45, 2.75) is 32.7 Å². The molecule has 0 unspecified atom stereocenters. The first-order chi connectivity index (χ1) is 14.6. The molecule has 2 atom stereocenters. The van der Waals surface area contributed by atoms with Crippen molar-refractivity contribution in [2.75, 3.05) is 11.4 Å². The van der Waals surface area contributed by atoms with E-state index in [1.165, 1.54) is 0 Å². The lowest BCUT2D eigenvalue weighted by atomic mass is 9.98. The van der Waals surface area contributed by atoms with Crippen LogP contribution in [0.3, 0.4) is 0 Å². The van der Waals surface area contributed by atoms with E-state index in [0.29, 0.717) is 23.8 Å². The lowest BCUT2D eigenvalue weighted by molar-refractivity contribution is -0.120. The number of aromatic nitrogens is 4. The molecule has 2 aromatic carbocycles. The largest absolute Gasteiger partial charge is 0.309 e. The molecule has 1 N–H and O–H groups in total. The van der Waals surface area contributed by atoms with Crippen molar-refractivity contribution in [3.63, 3.8) is 0 Å². The Labute approximate surface area is 180 Å². The lowest BCUT2D eigenvalue weighted by Gasteiger charge is -2.27. The van der Waals surface area contributed by atoms with Gasteiger partial charge in [0, 0.05) is 29.1 Å². The van der Waals surface area contributed by atoms with Crippen molar-refractivity contribution in [3.8, 4) is 0 Å². The number of nitrogens with zero attached hydrogens (tertiary/aromatic N) is 5. The molecule has 1 aliphatic heterocycles. The summed E-state index contributed by atoms with van der Waals surface area (Å²) < 4.78 is 0. The SMILES string of the molecule is CC[C@H](C)[C@@H]1N=C(c2ccccc2)c2cc(Cl)ccc2N(CCc2nn[nH]n2)C1=O. The minimum atomic E-state index is -0.485. The molecule has 7 nitrogen and oxygen atoms in total. The van der Waals surface area contributed by atoms with Crippen LogP contribution in [0.1, 0.15) is 37.2 Å². The van der Waals surface area contributed by atoms with Gasteiger partial charge in [-0.1, -0.05) is 67.4 Å². The fraction of sp³-hybridized carbons (Fsp3) is 0.318. The van der Waals surface area contributed by atoms with Gasteiger partial charge in [-0.15, -0.1) is 10.2 Å². The van der Waals surface area contributed by atoms with Crippen molar-refractivity contribution in [1.82, 2.24) is 20.6 Å². The summed E-state index contributed by atoms with van der Waals surface area (Å²) in [5, 5.41) is 14.7. The average Bonchev–Trinajstić information content (AvgIpc) is 3.25. The number of amides is 1. The summed E-state index contributed by atoms with van der Waals surface area (Å²) in [7, 11) is 0. The van der Waals surface area contributed by atoms with Gasteiger partial charge in [-0.3, -0.25) is 9.79 Å². The van der Waals surface area contributed by atoms with Crippen LogP contribution in [0, 0.1) is 5.92 Å². The molecule has 0 saturated carbocycles. The highest BCUT2D eigenvalue weighted by atomic mass is 35.5. The average molecular weight is 423 g/mol. The predicted octanol–water partition coefficient (Wildman–Crippen LogP) is 3.69. The van der Waals surface area contributed by atoms with Crippen LogP contribution in [0.15, 0.2) is 53.5 Å². The second kappa shape index (κ2) is 8.75. The zero-order valence-electron chi connectivity index (χ0n) is 16.9. The number of aliphatic imine (C=N–C) groups is 1. The summed E-state index contributed by atoms with van der Waals surface area (Å²) in [6.45, 7) is 4.57. The van der Waals surface area contributed by atoms with Crippen LogP contribution in [0.2, 0.25) is 5.02 Å². The molecular formula is C22H23ClN6O. The molecule has 2 heterocycles. The Balaban J connectivity index is 1.85. The van der Waals surface area contributed by atoms with E-state index in [9.17, 15) is 4.79 Å². The van der Waals surface area contributed by atoms with Gasteiger partial charge >= 0.3 is 0 Å². The summed E-state index contributed by atoms with van der Waals surface area (Å²) in [6.07, 6.45) is 1.33. The quantitative estimate of drug-likeness (QED) is 0.656. The predicted molar refractivity (Wildman–Crippen MR) is 117 cm³/mol. The van der Waals surface area contributed by atoms with E-state index >= 15 is 0 Å². The van der Waals surface area contributed by atoms with E-state index in [1.54, 1.807) is 11.0 Å². The van der Waals surface area contributed by atoms with Crippen LogP contribution in [0.4, 0.5) is 5.69 Å². The van der Waals surface area contributed by atoms with Gasteiger partial charge in [-0.05, 0) is 24.1 Å². The number of carbonyl (C=O) groups is 1. The molecule has 0 radical (unpaired) electrons. The fourth-order valence-corrected chi connectivity index (χ4v) is 3.80. The molecule has 0 fully saturated rings. The maximum atomic E-state index is 13.7. The molecule has 1 aromatic heterocycles. The van der Waals surface area contributed by atoms with Crippen molar-refractivity contribution in [3.05, 3.63) is 70.5 Å². The van der Waals surface area contributed by atoms with Crippen LogP contribution in [0.25, 0.3) is 0 Å². The normalized spacial score (nSPS) is 17.3. The molecule has 3 aromatic rings. The number of halogens is 1. The number of hydrogen-bond donors (Lipinski definition) is 1. The third-order valence-electron chi connectivity index (χ3n) is 5.47. The standard InChI is InChI=1S/C22H23ClN6O/c1-3-14(2)20-22(30)29(12-11-19-25-27-28-26-19)18-10-9-16(23)13-17(18)21(24-20)15-7-5-4-6-8-15/h4-10,13-14,20H,3,11-12H2,1-2H3,(H,25,26,27,28)/t14-,20-/m0/s1. The van der Waals surface area contributed by atoms with Crippen LogP contribution in [-0.4, -0.2) is 44.8 Å². The number of rotatable bonds is 6. The van der Waals surface area contributed by atoms with E-state index < -0.39 is 6.04 Å². The monoisotopic (exact) mass is 422 g/mol. The molecule has 0 aliphatic carbocycles. The van der Waals surface area contributed by atoms with E-state index in [-0.39, 0.29) is 11.8 Å². The minimum Gasteiger partial charge on any atom is -0.309 e. The van der Waals surface area contributed by atoms with E-state index in [0.717, 1.165) is 28.9 Å². The summed E-state index contributed by atoms with van der Waals surface area (Å²) in [5.74, 6) is 0.628. The maximum absolute atomic E-state index is 13.7. The summed E-state index contributed by atoms with van der Waals surface area (Å²) >= 11 is 6.36. The Hall–Kier alpha value is -3.06. The van der Waals surface area contributed by atoms with Gasteiger partial charge < -0.3 is 4.90 Å². The fourth-order valence-electron chi connectivity index (χ4n) is 3.63.